The fourth-order valence-corrected chi connectivity index (χ4v) is 3.63. The summed E-state index contributed by atoms with van der Waals surface area (Å²) in [6, 6.07) is 18.3. The van der Waals surface area contributed by atoms with Gasteiger partial charge in [-0.05, 0) is 70.3 Å². The van der Waals surface area contributed by atoms with Crippen LogP contribution < -0.4 is 9.47 Å². The maximum atomic E-state index is 10.9. The van der Waals surface area contributed by atoms with E-state index in [0.29, 0.717) is 11.5 Å². The van der Waals surface area contributed by atoms with Crippen molar-refractivity contribution in [3.63, 3.8) is 0 Å². The van der Waals surface area contributed by atoms with Crippen LogP contribution in [-0.4, -0.2) is 46.3 Å². The third-order valence-corrected chi connectivity index (χ3v) is 5.27. The van der Waals surface area contributed by atoms with Gasteiger partial charge in [0.15, 0.2) is 0 Å². The molecule has 2 aromatic carbocycles. The number of aromatic nitrogens is 2. The van der Waals surface area contributed by atoms with Gasteiger partial charge < -0.3 is 19.7 Å². The summed E-state index contributed by atoms with van der Waals surface area (Å²) in [5.41, 5.74) is 5.05. The third kappa shape index (κ3) is 7.14. The molecular formula is C28H26N2O6. The molecule has 2 aromatic heterocycles. The molecule has 0 saturated carbocycles. The molecule has 0 unspecified atom stereocenters. The summed E-state index contributed by atoms with van der Waals surface area (Å²) >= 11 is 0. The van der Waals surface area contributed by atoms with Crippen molar-refractivity contribution in [3.05, 3.63) is 96.6 Å². The average Bonchev–Trinajstić information content (AvgIpc) is 2.89. The van der Waals surface area contributed by atoms with Gasteiger partial charge in [-0.2, -0.15) is 0 Å². The van der Waals surface area contributed by atoms with Gasteiger partial charge in [-0.3, -0.25) is 19.6 Å². The van der Waals surface area contributed by atoms with Crippen molar-refractivity contribution in [1.82, 2.24) is 9.97 Å². The molecule has 0 aliphatic heterocycles. The largest absolute Gasteiger partial charge is 0.497 e. The molecule has 0 fully saturated rings. The van der Waals surface area contributed by atoms with E-state index in [1.54, 1.807) is 51.1 Å². The number of carboxylic acid groups (broad SMARTS) is 2. The Morgan fingerprint density at radius 3 is 1.67 bits per heavy atom. The summed E-state index contributed by atoms with van der Waals surface area (Å²) in [4.78, 5) is 29.8. The minimum atomic E-state index is -0.867. The average molecular weight is 487 g/mol. The van der Waals surface area contributed by atoms with Crippen molar-refractivity contribution >= 4 is 11.9 Å². The Kier molecular flexibility index (Phi) is 9.11. The van der Waals surface area contributed by atoms with Crippen LogP contribution in [0.2, 0.25) is 0 Å². The molecule has 4 rings (SSSR count). The van der Waals surface area contributed by atoms with E-state index < -0.39 is 11.9 Å². The van der Waals surface area contributed by atoms with Crippen LogP contribution in [0, 0.1) is 0 Å². The van der Waals surface area contributed by atoms with Crippen LogP contribution in [0.4, 0.5) is 0 Å². The molecule has 0 amide bonds. The lowest BCUT2D eigenvalue weighted by molar-refractivity contribution is -0.137. The second kappa shape index (κ2) is 12.7. The van der Waals surface area contributed by atoms with E-state index in [2.05, 4.69) is 9.97 Å². The molecule has 184 valence electrons. The van der Waals surface area contributed by atoms with Gasteiger partial charge in [0.1, 0.15) is 11.5 Å². The zero-order chi connectivity index (χ0) is 25.9. The summed E-state index contributed by atoms with van der Waals surface area (Å²) < 4.78 is 10.2. The first-order chi connectivity index (χ1) is 17.4. The number of carbonyl (C=O) groups is 2. The summed E-state index contributed by atoms with van der Waals surface area (Å²) in [6.07, 6.45) is 6.70. The highest BCUT2D eigenvalue weighted by Gasteiger charge is 2.11. The molecule has 0 bridgehead atoms. The van der Waals surface area contributed by atoms with E-state index in [1.165, 1.54) is 0 Å². The first kappa shape index (κ1) is 25.9. The molecule has 0 aliphatic carbocycles. The zero-order valence-corrected chi connectivity index (χ0v) is 19.9. The SMILES string of the molecule is COc1ccc(-c2cccnc2)c(CC(=O)O)c1.COc1ccc(-c2ccncc2)c(CC(=O)O)c1. The molecule has 8 nitrogen and oxygen atoms in total. The van der Waals surface area contributed by atoms with Gasteiger partial charge in [0.25, 0.3) is 0 Å². The summed E-state index contributed by atoms with van der Waals surface area (Å²) in [5.74, 6) is -0.421. The van der Waals surface area contributed by atoms with Crippen LogP contribution in [0.15, 0.2) is 85.5 Å². The number of hydrogen-bond donors (Lipinski definition) is 2. The molecule has 0 spiro atoms. The highest BCUT2D eigenvalue weighted by molar-refractivity contribution is 5.78. The minimum absolute atomic E-state index is 0.0329. The predicted octanol–water partition coefficient (Wildman–Crippen LogP) is 4.77. The standard InChI is InChI=1S/2C14H13NO3/c1-18-12-2-3-13(10-4-6-15-7-5-10)11(8-12)9-14(16)17;1-18-12-4-5-13(10-3-2-6-15-9-10)11(7-12)8-14(16)17/h2-8H,9H2,1H3,(H,16,17);2-7,9H,8H2,1H3,(H,16,17). The van der Waals surface area contributed by atoms with Crippen LogP contribution in [0.3, 0.4) is 0 Å². The van der Waals surface area contributed by atoms with Crippen LogP contribution in [-0.2, 0) is 22.4 Å². The number of hydrogen-bond acceptors (Lipinski definition) is 6. The molecule has 2 heterocycles. The van der Waals surface area contributed by atoms with Crippen LogP contribution in [0.1, 0.15) is 11.1 Å². The molecule has 4 aromatic rings. The minimum Gasteiger partial charge on any atom is -0.497 e. The van der Waals surface area contributed by atoms with Crippen molar-refractivity contribution in [2.45, 2.75) is 12.8 Å². The maximum absolute atomic E-state index is 10.9. The molecular weight excluding hydrogens is 460 g/mol. The quantitative estimate of drug-likeness (QED) is 0.366. The van der Waals surface area contributed by atoms with Crippen molar-refractivity contribution in [2.75, 3.05) is 14.2 Å². The second-order valence-electron chi connectivity index (χ2n) is 7.66. The van der Waals surface area contributed by atoms with Crippen molar-refractivity contribution in [2.24, 2.45) is 0 Å². The fourth-order valence-electron chi connectivity index (χ4n) is 3.63. The third-order valence-electron chi connectivity index (χ3n) is 5.27. The normalized spacial score (nSPS) is 10.1. The molecule has 36 heavy (non-hydrogen) atoms. The van der Waals surface area contributed by atoms with E-state index in [0.717, 1.165) is 33.4 Å². The smallest absolute Gasteiger partial charge is 0.307 e. The van der Waals surface area contributed by atoms with Gasteiger partial charge >= 0.3 is 11.9 Å². The monoisotopic (exact) mass is 486 g/mol. The number of benzene rings is 2. The second-order valence-corrected chi connectivity index (χ2v) is 7.66. The molecule has 0 saturated heterocycles. The molecule has 2 N–H and O–H groups in total. The summed E-state index contributed by atoms with van der Waals surface area (Å²) in [6.45, 7) is 0. The molecule has 8 heteroatoms. The van der Waals surface area contributed by atoms with Crippen LogP contribution in [0.25, 0.3) is 22.3 Å². The summed E-state index contributed by atoms with van der Waals surface area (Å²) in [7, 11) is 3.12. The lowest BCUT2D eigenvalue weighted by atomic mass is 9.98. The van der Waals surface area contributed by atoms with Crippen LogP contribution >= 0.6 is 0 Å². The Morgan fingerprint density at radius 1 is 0.694 bits per heavy atom. The van der Waals surface area contributed by atoms with E-state index >= 15 is 0 Å². The van der Waals surface area contributed by atoms with E-state index in [9.17, 15) is 9.59 Å². The van der Waals surface area contributed by atoms with E-state index in [1.807, 2.05) is 48.5 Å². The van der Waals surface area contributed by atoms with Gasteiger partial charge in [0, 0.05) is 30.4 Å². The Labute approximate surface area is 208 Å². The van der Waals surface area contributed by atoms with Gasteiger partial charge in [0.2, 0.25) is 0 Å². The van der Waals surface area contributed by atoms with Crippen LogP contribution in [0.5, 0.6) is 11.5 Å². The number of methoxy groups -OCH3 is 2. The Morgan fingerprint density at radius 2 is 1.22 bits per heavy atom. The number of pyridine rings is 2. The lowest BCUT2D eigenvalue weighted by Crippen LogP contribution is -2.02. The van der Waals surface area contributed by atoms with E-state index in [-0.39, 0.29) is 12.8 Å². The van der Waals surface area contributed by atoms with Gasteiger partial charge in [-0.1, -0.05) is 18.2 Å². The molecule has 0 radical (unpaired) electrons. The highest BCUT2D eigenvalue weighted by Crippen LogP contribution is 2.28. The van der Waals surface area contributed by atoms with E-state index in [4.69, 9.17) is 19.7 Å². The van der Waals surface area contributed by atoms with Gasteiger partial charge in [0.05, 0.1) is 27.1 Å². The van der Waals surface area contributed by atoms with Crippen molar-refractivity contribution in [3.8, 4) is 33.8 Å². The lowest BCUT2D eigenvalue weighted by Gasteiger charge is -2.10. The first-order valence-electron chi connectivity index (χ1n) is 11.0. The molecule has 0 atom stereocenters. The number of rotatable bonds is 8. The fraction of sp³-hybridized carbons (Fsp3) is 0.143. The Hall–Kier alpha value is -4.72. The topological polar surface area (TPSA) is 119 Å². The predicted molar refractivity (Wildman–Crippen MR) is 135 cm³/mol. The van der Waals surface area contributed by atoms with Crippen molar-refractivity contribution in [1.29, 1.82) is 0 Å². The summed E-state index contributed by atoms with van der Waals surface area (Å²) in [5, 5.41) is 17.9. The molecule has 0 aliphatic rings. The first-order valence-corrected chi connectivity index (χ1v) is 11.0. The number of ether oxygens (including phenoxy) is 2. The van der Waals surface area contributed by atoms with Gasteiger partial charge in [-0.15, -0.1) is 0 Å². The van der Waals surface area contributed by atoms with Crippen molar-refractivity contribution < 1.29 is 29.3 Å². The highest BCUT2D eigenvalue weighted by atomic mass is 16.5. The number of nitrogens with zero attached hydrogens (tertiary/aromatic N) is 2. The zero-order valence-electron chi connectivity index (χ0n) is 19.9. The maximum Gasteiger partial charge on any atom is 0.307 e. The Bertz CT molecular complexity index is 1210. The van der Waals surface area contributed by atoms with Gasteiger partial charge in [-0.25, -0.2) is 0 Å². The number of aliphatic carboxylic acids is 2. The number of carboxylic acids is 2. The Balaban J connectivity index is 0.000000201.